The van der Waals surface area contributed by atoms with Crippen molar-refractivity contribution in [3.63, 3.8) is 0 Å². The molecule has 3 heterocycles. The van der Waals surface area contributed by atoms with Gasteiger partial charge in [-0.25, -0.2) is 0 Å². The Morgan fingerprint density at radius 2 is 1.88 bits per heavy atom. The van der Waals surface area contributed by atoms with E-state index in [0.29, 0.717) is 37.4 Å². The highest BCUT2D eigenvalue weighted by atomic mass is 16.5. The van der Waals surface area contributed by atoms with Crippen molar-refractivity contribution < 1.29 is 29.0 Å². The molecule has 1 aromatic rings. The number of nitrogens with one attached hydrogen (secondary N) is 2. The van der Waals surface area contributed by atoms with Crippen LogP contribution in [-0.4, -0.2) is 70.8 Å². The molecule has 1 aromatic carbocycles. The Labute approximate surface area is 238 Å². The van der Waals surface area contributed by atoms with Crippen LogP contribution in [-0.2, 0) is 19.1 Å². The predicted octanol–water partition coefficient (Wildman–Crippen LogP) is 3.75. The average molecular weight is 558 g/mol. The fourth-order valence-electron chi connectivity index (χ4n) is 7.29. The lowest BCUT2D eigenvalue weighted by Crippen LogP contribution is -2.58. The van der Waals surface area contributed by atoms with Crippen LogP contribution in [0.5, 0.6) is 5.75 Å². The molecule has 7 atom stereocenters. The molecule has 3 fully saturated rings. The van der Waals surface area contributed by atoms with Gasteiger partial charge in [0.2, 0.25) is 17.7 Å². The second-order valence-corrected chi connectivity index (χ2v) is 12.4. The lowest BCUT2D eigenvalue weighted by atomic mass is 9.62. The summed E-state index contributed by atoms with van der Waals surface area (Å²) in [6.07, 6.45) is 3.90. The molecule has 40 heavy (non-hydrogen) atoms. The number of benzene rings is 1. The first-order valence-electron chi connectivity index (χ1n) is 15.0. The van der Waals surface area contributed by atoms with Crippen LogP contribution in [0.25, 0.3) is 0 Å². The van der Waals surface area contributed by atoms with Crippen LogP contribution in [0.4, 0.5) is 5.69 Å². The van der Waals surface area contributed by atoms with Crippen molar-refractivity contribution in [3.8, 4) is 5.75 Å². The predicted molar refractivity (Wildman–Crippen MR) is 153 cm³/mol. The molecule has 0 saturated carbocycles. The van der Waals surface area contributed by atoms with Gasteiger partial charge in [-0.2, -0.15) is 0 Å². The Balaban J connectivity index is 1.69. The maximum Gasteiger partial charge on any atom is 0.245 e. The summed E-state index contributed by atoms with van der Waals surface area (Å²) in [5.74, 6) is -1.60. The first kappa shape index (κ1) is 30.3. The number of carbonyl (C=O) groups is 3. The number of aliphatic hydroxyl groups is 1. The number of aliphatic hydroxyl groups excluding tert-OH is 1. The van der Waals surface area contributed by atoms with Crippen molar-refractivity contribution in [2.75, 3.05) is 25.1 Å². The zero-order chi connectivity index (χ0) is 29.2. The topological polar surface area (TPSA) is 117 Å². The van der Waals surface area contributed by atoms with E-state index in [-0.39, 0.29) is 36.2 Å². The minimum Gasteiger partial charge on any atom is -0.494 e. The molecule has 0 aliphatic carbocycles. The minimum atomic E-state index is -1.13. The number of hydrogen-bond donors (Lipinski definition) is 3. The molecule has 3 aliphatic heterocycles. The Bertz CT molecular complexity index is 1080. The van der Waals surface area contributed by atoms with Crippen molar-refractivity contribution >= 4 is 23.4 Å². The molecule has 3 aliphatic rings. The number of rotatable bonds is 13. The Morgan fingerprint density at radius 3 is 2.48 bits per heavy atom. The van der Waals surface area contributed by atoms with E-state index < -0.39 is 35.1 Å². The maximum atomic E-state index is 14.3. The highest BCUT2D eigenvalue weighted by Crippen LogP contribution is 2.65. The zero-order valence-corrected chi connectivity index (χ0v) is 24.9. The summed E-state index contributed by atoms with van der Waals surface area (Å²) < 4.78 is 12.3. The molecule has 2 bridgehead atoms. The Morgan fingerprint density at radius 1 is 1.18 bits per heavy atom. The van der Waals surface area contributed by atoms with Crippen molar-refractivity contribution in [3.05, 3.63) is 24.3 Å². The van der Waals surface area contributed by atoms with Crippen molar-refractivity contribution in [2.24, 2.45) is 23.7 Å². The van der Waals surface area contributed by atoms with Crippen LogP contribution in [0, 0.1) is 23.7 Å². The monoisotopic (exact) mass is 557 g/mol. The van der Waals surface area contributed by atoms with Gasteiger partial charge in [-0.1, -0.05) is 40.5 Å². The third-order valence-electron chi connectivity index (χ3n) is 9.14. The van der Waals surface area contributed by atoms with Gasteiger partial charge in [0, 0.05) is 12.2 Å². The van der Waals surface area contributed by atoms with Gasteiger partial charge in [-0.15, -0.1) is 0 Å². The first-order chi connectivity index (χ1) is 19.0. The Hall–Kier alpha value is -2.65. The minimum absolute atomic E-state index is 0.0550. The highest BCUT2D eigenvalue weighted by molar-refractivity contribution is 6.02. The molecule has 9 nitrogen and oxygen atoms in total. The van der Waals surface area contributed by atoms with Crippen LogP contribution in [0.15, 0.2) is 24.3 Å². The van der Waals surface area contributed by atoms with E-state index in [1.165, 1.54) is 0 Å². The molecule has 0 aromatic heterocycles. The molecule has 4 rings (SSSR count). The molecule has 3 amide bonds. The van der Waals surface area contributed by atoms with Crippen LogP contribution < -0.4 is 15.4 Å². The lowest BCUT2D eigenvalue weighted by Gasteiger charge is -2.37. The number of hydrogen-bond acceptors (Lipinski definition) is 6. The largest absolute Gasteiger partial charge is 0.494 e. The van der Waals surface area contributed by atoms with Crippen molar-refractivity contribution in [2.45, 2.75) is 96.9 Å². The van der Waals surface area contributed by atoms with Gasteiger partial charge in [-0.05, 0) is 69.2 Å². The van der Waals surface area contributed by atoms with Gasteiger partial charge in [0.1, 0.15) is 17.4 Å². The van der Waals surface area contributed by atoms with Gasteiger partial charge >= 0.3 is 0 Å². The molecule has 3 saturated heterocycles. The summed E-state index contributed by atoms with van der Waals surface area (Å²) in [7, 11) is 0. The van der Waals surface area contributed by atoms with E-state index in [1.54, 1.807) is 29.2 Å². The van der Waals surface area contributed by atoms with Gasteiger partial charge in [0.05, 0.1) is 36.7 Å². The summed E-state index contributed by atoms with van der Waals surface area (Å²) in [5, 5.41) is 16.5. The lowest BCUT2D eigenvalue weighted by molar-refractivity contribution is -0.150. The van der Waals surface area contributed by atoms with Crippen molar-refractivity contribution in [1.29, 1.82) is 0 Å². The number of likely N-dealkylation sites (tertiary alicyclic amines) is 1. The quantitative estimate of drug-likeness (QED) is 0.318. The summed E-state index contributed by atoms with van der Waals surface area (Å²) >= 11 is 0. The normalized spacial score (nSPS) is 31.4. The molecule has 222 valence electrons. The number of fused-ring (bicyclic) bond motifs is 1. The number of unbranched alkanes of at least 4 members (excludes halogenated alkanes) is 2. The maximum absolute atomic E-state index is 14.3. The van der Waals surface area contributed by atoms with E-state index in [0.717, 1.165) is 19.3 Å². The molecule has 0 radical (unpaired) electrons. The number of amides is 3. The standard InChI is InChI=1S/C31H47N3O6/c1-7-9-10-15-32-28(37)26-31-17-20(5)30(6,40-31)24(25(31)29(38)34(26)22(18-35)16-19(3)4)27(36)33-21-11-13-23(14-12-21)39-8-2/h11-14,19-20,22,24-26,35H,7-10,15-18H2,1-6H3,(H,32,37)(H,33,36)/t20?,22-,24-,25+,26?,30+,31?/m1/s1. The van der Waals surface area contributed by atoms with E-state index in [2.05, 4.69) is 17.6 Å². The number of anilines is 1. The van der Waals surface area contributed by atoms with E-state index in [9.17, 15) is 19.5 Å². The Kier molecular flexibility index (Phi) is 9.15. The van der Waals surface area contributed by atoms with E-state index in [1.807, 2.05) is 34.6 Å². The summed E-state index contributed by atoms with van der Waals surface area (Å²) in [5.41, 5.74) is -1.44. The first-order valence-corrected chi connectivity index (χ1v) is 15.0. The second kappa shape index (κ2) is 12.1. The van der Waals surface area contributed by atoms with Gasteiger partial charge in [0.15, 0.2) is 0 Å². The number of nitrogens with zero attached hydrogens (tertiary/aromatic N) is 1. The molecular formula is C31H47N3O6. The van der Waals surface area contributed by atoms with Gasteiger partial charge in [-0.3, -0.25) is 14.4 Å². The zero-order valence-electron chi connectivity index (χ0n) is 24.9. The van der Waals surface area contributed by atoms with Crippen LogP contribution in [0.1, 0.15) is 73.6 Å². The molecule has 1 spiro atoms. The summed E-state index contributed by atoms with van der Waals surface area (Å²) in [6, 6.07) is 5.69. The van der Waals surface area contributed by atoms with E-state index in [4.69, 9.17) is 9.47 Å². The SMILES string of the molecule is CCCCCNC(=O)C1N([C@@H](CO)CC(C)C)C(=O)[C@@H]2[C@H](C(=O)Nc3ccc(OCC)cc3)[C@@]3(C)OC12CC3C. The van der Waals surface area contributed by atoms with Crippen molar-refractivity contribution in [1.82, 2.24) is 10.2 Å². The molecule has 3 N–H and O–H groups in total. The molecule has 9 heteroatoms. The molecule has 3 unspecified atom stereocenters. The highest BCUT2D eigenvalue weighted by Gasteiger charge is 2.80. The third kappa shape index (κ3) is 5.22. The summed E-state index contributed by atoms with van der Waals surface area (Å²) in [6.45, 7) is 12.8. The van der Waals surface area contributed by atoms with Gasteiger partial charge in [0.25, 0.3) is 0 Å². The van der Waals surface area contributed by atoms with Gasteiger partial charge < -0.3 is 30.1 Å². The number of ether oxygens (including phenoxy) is 2. The fraction of sp³-hybridized carbons (Fsp3) is 0.710. The molecular weight excluding hydrogens is 510 g/mol. The van der Waals surface area contributed by atoms with E-state index >= 15 is 0 Å². The smallest absolute Gasteiger partial charge is 0.245 e. The average Bonchev–Trinajstić information content (AvgIpc) is 3.43. The fourth-order valence-corrected chi connectivity index (χ4v) is 7.29. The van der Waals surface area contributed by atoms with Crippen LogP contribution in [0.3, 0.4) is 0 Å². The number of carbonyl (C=O) groups excluding carboxylic acids is 3. The third-order valence-corrected chi connectivity index (χ3v) is 9.14. The van der Waals surface area contributed by atoms with Crippen LogP contribution >= 0.6 is 0 Å². The summed E-state index contributed by atoms with van der Waals surface area (Å²) in [4.78, 5) is 43.7. The van der Waals surface area contributed by atoms with Crippen LogP contribution in [0.2, 0.25) is 0 Å². The second-order valence-electron chi connectivity index (χ2n) is 12.4.